The predicted molar refractivity (Wildman–Crippen MR) is 112 cm³/mol. The molecule has 2 aromatic rings. The summed E-state index contributed by atoms with van der Waals surface area (Å²) in [6, 6.07) is 16.9. The minimum Gasteiger partial charge on any atom is -0.376 e. The number of amides is 3. The third-order valence-corrected chi connectivity index (χ3v) is 5.37. The smallest absolute Gasteiger partial charge is 0.321 e. The van der Waals surface area contributed by atoms with Crippen LogP contribution in [-0.2, 0) is 11.3 Å². The van der Waals surface area contributed by atoms with Crippen molar-refractivity contribution in [2.45, 2.75) is 19.4 Å². The van der Waals surface area contributed by atoms with Crippen LogP contribution in [0.25, 0.3) is 0 Å². The van der Waals surface area contributed by atoms with Crippen LogP contribution in [0.1, 0.15) is 28.8 Å². The summed E-state index contributed by atoms with van der Waals surface area (Å²) in [5, 5.41) is 2.97. The average Bonchev–Trinajstić information content (AvgIpc) is 3.59. The molecular formula is C23H27N3O3. The number of ether oxygens (including phenoxy) is 1. The van der Waals surface area contributed by atoms with E-state index < -0.39 is 0 Å². The first-order valence-corrected chi connectivity index (χ1v) is 10.3. The van der Waals surface area contributed by atoms with Gasteiger partial charge in [0.1, 0.15) is 0 Å². The topological polar surface area (TPSA) is 61.9 Å². The monoisotopic (exact) mass is 393 g/mol. The maximum Gasteiger partial charge on any atom is 0.321 e. The molecule has 152 valence electrons. The molecule has 3 amide bonds. The van der Waals surface area contributed by atoms with Crippen LogP contribution in [0.3, 0.4) is 0 Å². The SMILES string of the molecule is O=C(Nc1cccc(COCC2CC2)c1)N1CCN(C(=O)c2ccccc2)CC1. The van der Waals surface area contributed by atoms with Crippen LogP contribution < -0.4 is 5.32 Å². The second-order valence-corrected chi connectivity index (χ2v) is 7.73. The largest absolute Gasteiger partial charge is 0.376 e. The average molecular weight is 393 g/mol. The van der Waals surface area contributed by atoms with Crippen LogP contribution >= 0.6 is 0 Å². The number of urea groups is 1. The molecule has 0 radical (unpaired) electrons. The lowest BCUT2D eigenvalue weighted by Gasteiger charge is -2.34. The standard InChI is InChI=1S/C23H27N3O3/c27-22(20-6-2-1-3-7-20)25-11-13-26(14-12-25)23(28)24-21-8-4-5-19(15-21)17-29-16-18-9-10-18/h1-8,15,18H,9-14,16-17H2,(H,24,28). The van der Waals surface area contributed by atoms with E-state index in [9.17, 15) is 9.59 Å². The maximum absolute atomic E-state index is 12.6. The van der Waals surface area contributed by atoms with Gasteiger partial charge >= 0.3 is 6.03 Å². The van der Waals surface area contributed by atoms with Crippen molar-refractivity contribution in [1.82, 2.24) is 9.80 Å². The van der Waals surface area contributed by atoms with Crippen molar-refractivity contribution in [3.05, 3.63) is 65.7 Å². The highest BCUT2D eigenvalue weighted by Gasteiger charge is 2.25. The van der Waals surface area contributed by atoms with Gasteiger partial charge in [-0.25, -0.2) is 4.79 Å². The molecule has 1 heterocycles. The van der Waals surface area contributed by atoms with Crippen LogP contribution in [-0.4, -0.2) is 54.5 Å². The van der Waals surface area contributed by atoms with Gasteiger partial charge in [-0.1, -0.05) is 30.3 Å². The van der Waals surface area contributed by atoms with Gasteiger partial charge in [0.15, 0.2) is 0 Å². The van der Waals surface area contributed by atoms with Gasteiger partial charge < -0.3 is 19.9 Å². The Morgan fingerprint density at radius 1 is 0.931 bits per heavy atom. The number of anilines is 1. The van der Waals surface area contributed by atoms with Crippen LogP contribution in [0.2, 0.25) is 0 Å². The zero-order valence-corrected chi connectivity index (χ0v) is 16.5. The summed E-state index contributed by atoms with van der Waals surface area (Å²) in [6.45, 7) is 3.51. The van der Waals surface area contributed by atoms with Crippen LogP contribution in [0.4, 0.5) is 10.5 Å². The number of hydrogen-bond acceptors (Lipinski definition) is 3. The van der Waals surface area contributed by atoms with Crippen molar-refractivity contribution in [2.75, 3.05) is 38.1 Å². The number of hydrogen-bond donors (Lipinski definition) is 1. The number of carbonyl (C=O) groups is 2. The first kappa shape index (κ1) is 19.5. The predicted octanol–water partition coefficient (Wildman–Crippen LogP) is 3.60. The van der Waals surface area contributed by atoms with Gasteiger partial charge in [0.2, 0.25) is 0 Å². The molecule has 1 aliphatic carbocycles. The maximum atomic E-state index is 12.6. The molecule has 2 fully saturated rings. The molecule has 0 aromatic heterocycles. The second-order valence-electron chi connectivity index (χ2n) is 7.73. The molecule has 2 aliphatic rings. The molecule has 1 N–H and O–H groups in total. The molecule has 6 nitrogen and oxygen atoms in total. The Morgan fingerprint density at radius 2 is 1.66 bits per heavy atom. The first-order valence-electron chi connectivity index (χ1n) is 10.3. The fraction of sp³-hybridized carbons (Fsp3) is 0.391. The van der Waals surface area contributed by atoms with Gasteiger partial charge in [-0.05, 0) is 48.6 Å². The van der Waals surface area contributed by atoms with Crippen molar-refractivity contribution < 1.29 is 14.3 Å². The fourth-order valence-electron chi connectivity index (χ4n) is 3.45. The number of piperazine rings is 1. The fourth-order valence-corrected chi connectivity index (χ4v) is 3.45. The molecule has 4 rings (SSSR count). The summed E-state index contributed by atoms with van der Waals surface area (Å²) in [5.74, 6) is 0.759. The molecule has 1 saturated heterocycles. The van der Waals surface area contributed by atoms with Gasteiger partial charge in [-0.2, -0.15) is 0 Å². The Bertz CT molecular complexity index is 843. The number of benzene rings is 2. The summed E-state index contributed by atoms with van der Waals surface area (Å²) in [7, 11) is 0. The van der Waals surface area contributed by atoms with Crippen molar-refractivity contribution in [3.63, 3.8) is 0 Å². The van der Waals surface area contributed by atoms with E-state index >= 15 is 0 Å². The van der Waals surface area contributed by atoms with Crippen LogP contribution in [0.5, 0.6) is 0 Å². The summed E-state index contributed by atoms with van der Waals surface area (Å²) in [4.78, 5) is 28.7. The third-order valence-electron chi connectivity index (χ3n) is 5.37. The highest BCUT2D eigenvalue weighted by molar-refractivity contribution is 5.94. The number of rotatable bonds is 6. The lowest BCUT2D eigenvalue weighted by Crippen LogP contribution is -2.51. The third kappa shape index (κ3) is 5.35. The molecule has 6 heteroatoms. The molecule has 29 heavy (non-hydrogen) atoms. The highest BCUT2D eigenvalue weighted by atomic mass is 16.5. The van der Waals surface area contributed by atoms with Gasteiger partial charge in [0.25, 0.3) is 5.91 Å². The van der Waals surface area contributed by atoms with E-state index in [1.54, 1.807) is 9.80 Å². The second kappa shape index (κ2) is 9.09. The van der Waals surface area contributed by atoms with Gasteiger partial charge in [0, 0.05) is 44.0 Å². The minimum absolute atomic E-state index is 0.0181. The molecule has 1 saturated carbocycles. The quantitative estimate of drug-likeness (QED) is 0.816. The van der Waals surface area contributed by atoms with E-state index in [0.29, 0.717) is 38.3 Å². The molecule has 0 atom stereocenters. The van der Waals surface area contributed by atoms with Crippen LogP contribution in [0.15, 0.2) is 54.6 Å². The van der Waals surface area contributed by atoms with Crippen molar-refractivity contribution in [3.8, 4) is 0 Å². The summed E-state index contributed by atoms with van der Waals surface area (Å²) < 4.78 is 5.73. The molecule has 0 bridgehead atoms. The Hall–Kier alpha value is -2.86. The lowest BCUT2D eigenvalue weighted by molar-refractivity contribution is 0.0671. The number of carbonyl (C=O) groups excluding carboxylic acids is 2. The Morgan fingerprint density at radius 3 is 2.38 bits per heavy atom. The normalized spacial score (nSPS) is 16.6. The van der Waals surface area contributed by atoms with E-state index in [-0.39, 0.29) is 11.9 Å². The molecule has 1 aliphatic heterocycles. The zero-order chi connectivity index (χ0) is 20.1. The Balaban J connectivity index is 1.26. The molecular weight excluding hydrogens is 366 g/mol. The summed E-state index contributed by atoms with van der Waals surface area (Å²) in [6.07, 6.45) is 2.56. The van der Waals surface area contributed by atoms with Crippen molar-refractivity contribution in [2.24, 2.45) is 5.92 Å². The van der Waals surface area contributed by atoms with Crippen molar-refractivity contribution in [1.29, 1.82) is 0 Å². The van der Waals surface area contributed by atoms with Gasteiger partial charge in [-0.15, -0.1) is 0 Å². The van der Waals surface area contributed by atoms with E-state index in [2.05, 4.69) is 5.32 Å². The molecule has 2 aromatic carbocycles. The van der Waals surface area contributed by atoms with Gasteiger partial charge in [-0.3, -0.25) is 4.79 Å². The lowest BCUT2D eigenvalue weighted by atomic mass is 10.2. The number of nitrogens with one attached hydrogen (secondary N) is 1. The van der Waals surface area contributed by atoms with Gasteiger partial charge in [0.05, 0.1) is 6.61 Å². The van der Waals surface area contributed by atoms with Crippen molar-refractivity contribution >= 4 is 17.6 Å². The van der Waals surface area contributed by atoms with E-state index in [1.807, 2.05) is 54.6 Å². The summed E-state index contributed by atoms with van der Waals surface area (Å²) in [5.41, 5.74) is 2.51. The minimum atomic E-state index is -0.132. The Kier molecular flexibility index (Phi) is 6.10. The Labute approximate surface area is 171 Å². The first-order chi connectivity index (χ1) is 14.2. The van der Waals surface area contributed by atoms with Crippen LogP contribution in [0, 0.1) is 5.92 Å². The summed E-state index contributed by atoms with van der Waals surface area (Å²) >= 11 is 0. The van der Waals surface area contributed by atoms with E-state index in [1.165, 1.54) is 12.8 Å². The zero-order valence-electron chi connectivity index (χ0n) is 16.5. The molecule has 0 spiro atoms. The highest BCUT2D eigenvalue weighted by Crippen LogP contribution is 2.29. The van der Waals surface area contributed by atoms with E-state index in [0.717, 1.165) is 23.8 Å². The molecule has 0 unspecified atom stereocenters. The number of nitrogens with zero attached hydrogens (tertiary/aromatic N) is 2. The van der Waals surface area contributed by atoms with E-state index in [4.69, 9.17) is 4.74 Å².